The van der Waals surface area contributed by atoms with E-state index in [2.05, 4.69) is 10.4 Å². The van der Waals surface area contributed by atoms with Gasteiger partial charge in [-0.2, -0.15) is 5.10 Å². The number of aromatic nitrogens is 2. The monoisotopic (exact) mass is 346 g/mol. The summed E-state index contributed by atoms with van der Waals surface area (Å²) in [4.78, 5) is 26.7. The highest BCUT2D eigenvalue weighted by molar-refractivity contribution is 6.34. The standard InChI is InChI=1S/C17H19ClN4O2/c1-10-4-5-12(13(18)8-10)16(23)19-14-6-7-22(17(14)24)15-9-11(2)20-21(15)3/h4-5,8-9,14H,6-7H2,1-3H3,(H,19,23). The molecule has 2 heterocycles. The van der Waals surface area contributed by atoms with Crippen LogP contribution in [0.15, 0.2) is 24.3 Å². The fourth-order valence-electron chi connectivity index (χ4n) is 2.93. The van der Waals surface area contributed by atoms with Gasteiger partial charge in [-0.3, -0.25) is 19.2 Å². The van der Waals surface area contributed by atoms with E-state index < -0.39 is 6.04 Å². The smallest absolute Gasteiger partial charge is 0.253 e. The predicted molar refractivity (Wildman–Crippen MR) is 92.4 cm³/mol. The molecule has 6 nitrogen and oxygen atoms in total. The van der Waals surface area contributed by atoms with Crippen LogP contribution in [-0.2, 0) is 11.8 Å². The number of amides is 2. The van der Waals surface area contributed by atoms with E-state index in [9.17, 15) is 9.59 Å². The largest absolute Gasteiger partial charge is 0.340 e. The van der Waals surface area contributed by atoms with Gasteiger partial charge in [0.1, 0.15) is 11.9 Å². The molecule has 1 aliphatic rings. The Morgan fingerprint density at radius 2 is 2.08 bits per heavy atom. The Labute approximate surface area is 145 Å². The van der Waals surface area contributed by atoms with E-state index in [-0.39, 0.29) is 11.8 Å². The van der Waals surface area contributed by atoms with Crippen molar-refractivity contribution in [2.45, 2.75) is 26.3 Å². The Morgan fingerprint density at radius 1 is 1.33 bits per heavy atom. The van der Waals surface area contributed by atoms with E-state index >= 15 is 0 Å². The Balaban J connectivity index is 1.74. The molecular formula is C17H19ClN4O2. The van der Waals surface area contributed by atoms with Gasteiger partial charge in [-0.05, 0) is 38.0 Å². The first-order valence-electron chi connectivity index (χ1n) is 7.76. The maximum absolute atomic E-state index is 12.6. The average Bonchev–Trinajstić information content (AvgIpc) is 3.01. The lowest BCUT2D eigenvalue weighted by atomic mass is 10.1. The summed E-state index contributed by atoms with van der Waals surface area (Å²) in [5, 5.41) is 7.43. The molecule has 24 heavy (non-hydrogen) atoms. The Bertz CT molecular complexity index is 815. The molecule has 1 N–H and O–H groups in total. The molecule has 7 heteroatoms. The van der Waals surface area contributed by atoms with Crippen molar-refractivity contribution in [3.63, 3.8) is 0 Å². The van der Waals surface area contributed by atoms with Crippen LogP contribution in [0.3, 0.4) is 0 Å². The van der Waals surface area contributed by atoms with E-state index in [4.69, 9.17) is 11.6 Å². The average molecular weight is 347 g/mol. The molecule has 2 amide bonds. The fourth-order valence-corrected chi connectivity index (χ4v) is 3.25. The second-order valence-corrected chi connectivity index (χ2v) is 6.46. The van der Waals surface area contributed by atoms with Gasteiger partial charge in [0.2, 0.25) is 0 Å². The van der Waals surface area contributed by atoms with Crippen LogP contribution in [0.5, 0.6) is 0 Å². The zero-order chi connectivity index (χ0) is 17.4. The van der Waals surface area contributed by atoms with Crippen LogP contribution in [0, 0.1) is 13.8 Å². The maximum Gasteiger partial charge on any atom is 0.253 e. The van der Waals surface area contributed by atoms with Gasteiger partial charge in [0.05, 0.1) is 16.3 Å². The number of rotatable bonds is 3. The van der Waals surface area contributed by atoms with Gasteiger partial charge >= 0.3 is 0 Å². The quantitative estimate of drug-likeness (QED) is 0.926. The normalized spacial score (nSPS) is 17.4. The van der Waals surface area contributed by atoms with Gasteiger partial charge in [-0.15, -0.1) is 0 Å². The van der Waals surface area contributed by atoms with Crippen molar-refractivity contribution in [1.29, 1.82) is 0 Å². The third-order valence-corrected chi connectivity index (χ3v) is 4.45. The van der Waals surface area contributed by atoms with Crippen LogP contribution in [0.25, 0.3) is 0 Å². The minimum atomic E-state index is -0.551. The topological polar surface area (TPSA) is 67.2 Å². The maximum atomic E-state index is 12.6. The minimum Gasteiger partial charge on any atom is -0.340 e. The van der Waals surface area contributed by atoms with Crippen molar-refractivity contribution < 1.29 is 9.59 Å². The van der Waals surface area contributed by atoms with Gasteiger partial charge < -0.3 is 5.32 Å². The Hall–Kier alpha value is -2.34. The third kappa shape index (κ3) is 3.01. The van der Waals surface area contributed by atoms with Crippen LogP contribution in [0.4, 0.5) is 5.82 Å². The molecule has 0 saturated carbocycles. The van der Waals surface area contributed by atoms with Gasteiger partial charge in [-0.25, -0.2) is 0 Å². The van der Waals surface area contributed by atoms with E-state index in [1.54, 1.807) is 28.8 Å². The molecule has 0 bridgehead atoms. The molecular weight excluding hydrogens is 328 g/mol. The van der Waals surface area contributed by atoms with E-state index in [0.717, 1.165) is 17.1 Å². The zero-order valence-corrected chi connectivity index (χ0v) is 14.6. The van der Waals surface area contributed by atoms with Crippen molar-refractivity contribution in [1.82, 2.24) is 15.1 Å². The molecule has 1 aliphatic heterocycles. The van der Waals surface area contributed by atoms with Gasteiger partial charge in [0, 0.05) is 19.7 Å². The number of carbonyl (C=O) groups excluding carboxylic acids is 2. The molecule has 1 atom stereocenters. The van der Waals surface area contributed by atoms with Crippen molar-refractivity contribution >= 4 is 29.2 Å². The number of hydrogen-bond donors (Lipinski definition) is 1. The third-order valence-electron chi connectivity index (χ3n) is 4.13. The first-order chi connectivity index (χ1) is 11.4. The summed E-state index contributed by atoms with van der Waals surface area (Å²) in [7, 11) is 1.80. The van der Waals surface area contributed by atoms with Gasteiger partial charge in [0.15, 0.2) is 0 Å². The number of anilines is 1. The highest BCUT2D eigenvalue weighted by atomic mass is 35.5. The number of carbonyl (C=O) groups is 2. The molecule has 0 spiro atoms. The summed E-state index contributed by atoms with van der Waals surface area (Å²) < 4.78 is 1.67. The van der Waals surface area contributed by atoms with Crippen molar-refractivity contribution in [2.24, 2.45) is 7.05 Å². The molecule has 1 aromatic carbocycles. The molecule has 2 aromatic rings. The zero-order valence-electron chi connectivity index (χ0n) is 13.8. The molecule has 1 aromatic heterocycles. The minimum absolute atomic E-state index is 0.130. The summed E-state index contributed by atoms with van der Waals surface area (Å²) in [6.07, 6.45) is 0.554. The van der Waals surface area contributed by atoms with E-state index in [1.807, 2.05) is 26.0 Å². The number of hydrogen-bond acceptors (Lipinski definition) is 3. The van der Waals surface area contributed by atoms with E-state index in [0.29, 0.717) is 23.6 Å². The SMILES string of the molecule is Cc1ccc(C(=O)NC2CCN(c3cc(C)nn3C)C2=O)c(Cl)c1. The molecule has 0 aliphatic carbocycles. The van der Waals surface area contributed by atoms with Gasteiger partial charge in [0.25, 0.3) is 11.8 Å². The fraction of sp³-hybridized carbons (Fsp3) is 0.353. The van der Waals surface area contributed by atoms with Crippen molar-refractivity contribution in [2.75, 3.05) is 11.4 Å². The Morgan fingerprint density at radius 3 is 2.71 bits per heavy atom. The van der Waals surface area contributed by atoms with Gasteiger partial charge in [-0.1, -0.05) is 17.7 Å². The summed E-state index contributed by atoms with van der Waals surface area (Å²) in [5.41, 5.74) is 2.20. The van der Waals surface area contributed by atoms with Crippen LogP contribution < -0.4 is 10.2 Å². The van der Waals surface area contributed by atoms with Crippen LogP contribution >= 0.6 is 11.6 Å². The molecule has 1 fully saturated rings. The van der Waals surface area contributed by atoms with Crippen LogP contribution in [-0.4, -0.2) is 34.2 Å². The van der Waals surface area contributed by atoms with Crippen LogP contribution in [0.1, 0.15) is 28.0 Å². The number of benzene rings is 1. The highest BCUT2D eigenvalue weighted by Crippen LogP contribution is 2.23. The molecule has 0 radical (unpaired) electrons. The van der Waals surface area contributed by atoms with Crippen molar-refractivity contribution in [3.8, 4) is 0 Å². The first kappa shape index (κ1) is 16.5. The summed E-state index contributed by atoms with van der Waals surface area (Å²) in [6.45, 7) is 4.33. The summed E-state index contributed by atoms with van der Waals surface area (Å²) in [6, 6.07) is 6.54. The lowest BCUT2D eigenvalue weighted by Gasteiger charge is -2.17. The lowest BCUT2D eigenvalue weighted by Crippen LogP contribution is -2.42. The summed E-state index contributed by atoms with van der Waals surface area (Å²) in [5.74, 6) is 0.276. The molecule has 126 valence electrons. The van der Waals surface area contributed by atoms with E-state index in [1.165, 1.54) is 0 Å². The number of halogens is 1. The second-order valence-electron chi connectivity index (χ2n) is 6.06. The Kier molecular flexibility index (Phi) is 4.32. The molecule has 3 rings (SSSR count). The number of aryl methyl sites for hydroxylation is 3. The number of nitrogens with one attached hydrogen (secondary N) is 1. The second kappa shape index (κ2) is 6.28. The highest BCUT2D eigenvalue weighted by Gasteiger charge is 2.35. The first-order valence-corrected chi connectivity index (χ1v) is 8.13. The molecule has 1 unspecified atom stereocenters. The molecule has 1 saturated heterocycles. The van der Waals surface area contributed by atoms with Crippen molar-refractivity contribution in [3.05, 3.63) is 46.1 Å². The summed E-state index contributed by atoms with van der Waals surface area (Å²) >= 11 is 6.13. The number of nitrogens with zero attached hydrogens (tertiary/aromatic N) is 3. The van der Waals surface area contributed by atoms with Crippen LogP contribution in [0.2, 0.25) is 5.02 Å². The predicted octanol–water partition coefficient (Wildman–Crippen LogP) is 2.23. The lowest BCUT2D eigenvalue weighted by molar-refractivity contribution is -0.118.